The van der Waals surface area contributed by atoms with E-state index in [0.29, 0.717) is 17.1 Å². The molecular formula is C21H23N5OS. The fraction of sp³-hybridized carbons (Fsp3) is 0.333. The molecule has 0 unspecified atom stereocenters. The number of aromatic nitrogens is 4. The van der Waals surface area contributed by atoms with Gasteiger partial charge in [-0.25, -0.2) is 0 Å². The van der Waals surface area contributed by atoms with E-state index < -0.39 is 5.25 Å². The largest absolute Gasteiger partial charge is 0.352 e. The summed E-state index contributed by atoms with van der Waals surface area (Å²) in [6.07, 6.45) is 2.11. The summed E-state index contributed by atoms with van der Waals surface area (Å²) in [5.41, 5.74) is 3.08. The van der Waals surface area contributed by atoms with Gasteiger partial charge in [0.05, 0.1) is 5.69 Å². The fourth-order valence-corrected chi connectivity index (χ4v) is 3.93. The van der Waals surface area contributed by atoms with E-state index in [0.717, 1.165) is 24.1 Å². The Morgan fingerprint density at radius 3 is 2.43 bits per heavy atom. The van der Waals surface area contributed by atoms with Crippen LogP contribution < -0.4 is 5.32 Å². The average molecular weight is 394 g/mol. The quantitative estimate of drug-likeness (QED) is 0.617. The van der Waals surface area contributed by atoms with E-state index in [1.165, 1.54) is 17.3 Å². The van der Waals surface area contributed by atoms with Gasteiger partial charge in [0.2, 0.25) is 11.1 Å². The number of tetrazole rings is 1. The number of benzene rings is 2. The van der Waals surface area contributed by atoms with Crippen LogP contribution in [-0.4, -0.2) is 32.2 Å². The third-order valence-electron chi connectivity index (χ3n) is 4.73. The Balaban J connectivity index is 1.60. The monoisotopic (exact) mass is 393 g/mol. The summed E-state index contributed by atoms with van der Waals surface area (Å²) in [6, 6.07) is 18.3. The van der Waals surface area contributed by atoms with Crippen molar-refractivity contribution >= 4 is 17.7 Å². The Hall–Kier alpha value is -2.67. The Morgan fingerprint density at radius 2 is 1.79 bits per heavy atom. The van der Waals surface area contributed by atoms with Crippen molar-refractivity contribution in [2.24, 2.45) is 0 Å². The highest BCUT2D eigenvalue weighted by atomic mass is 32.2. The summed E-state index contributed by atoms with van der Waals surface area (Å²) in [6.45, 7) is 4.33. The summed E-state index contributed by atoms with van der Waals surface area (Å²) in [4.78, 5) is 12.9. The van der Waals surface area contributed by atoms with Gasteiger partial charge in [-0.1, -0.05) is 68.1 Å². The minimum absolute atomic E-state index is 0.00315. The highest BCUT2D eigenvalue weighted by molar-refractivity contribution is 8.00. The molecule has 1 atom stereocenters. The molecular weight excluding hydrogens is 370 g/mol. The Labute approximate surface area is 168 Å². The number of rotatable bonds is 7. The molecule has 0 radical (unpaired) electrons. The maximum absolute atomic E-state index is 12.9. The van der Waals surface area contributed by atoms with Crippen molar-refractivity contribution in [2.45, 2.75) is 49.1 Å². The van der Waals surface area contributed by atoms with Crippen LogP contribution in [0.2, 0.25) is 0 Å². The second-order valence-corrected chi connectivity index (χ2v) is 8.38. The molecule has 0 aliphatic heterocycles. The van der Waals surface area contributed by atoms with Crippen LogP contribution in [0.4, 0.5) is 0 Å². The van der Waals surface area contributed by atoms with Gasteiger partial charge in [-0.05, 0) is 52.4 Å². The number of hydrogen-bond acceptors (Lipinski definition) is 5. The lowest BCUT2D eigenvalue weighted by molar-refractivity contribution is -0.120. The Morgan fingerprint density at radius 1 is 1.07 bits per heavy atom. The molecule has 1 N–H and O–H groups in total. The van der Waals surface area contributed by atoms with E-state index in [-0.39, 0.29) is 5.91 Å². The minimum Gasteiger partial charge on any atom is -0.352 e. The number of hydrogen-bond donors (Lipinski definition) is 1. The third-order valence-corrected chi connectivity index (χ3v) is 5.92. The van der Waals surface area contributed by atoms with Crippen LogP contribution in [0, 0.1) is 0 Å². The molecule has 4 rings (SSSR count). The van der Waals surface area contributed by atoms with E-state index in [9.17, 15) is 4.79 Å². The standard InChI is InChI=1S/C21H23N5OS/c1-14(2)15-8-12-18(13-9-15)26-21(23-24-25-26)28-19(16-6-4-3-5-7-16)20(27)22-17-10-11-17/h3-9,12-14,17,19H,10-11H2,1-2H3,(H,22,27)/t19-/m1/s1. The van der Waals surface area contributed by atoms with E-state index in [1.807, 2.05) is 42.5 Å². The average Bonchev–Trinajstić information content (AvgIpc) is 3.40. The first-order valence-corrected chi connectivity index (χ1v) is 10.4. The van der Waals surface area contributed by atoms with Crippen LogP contribution in [0.5, 0.6) is 0 Å². The zero-order valence-electron chi connectivity index (χ0n) is 15.9. The summed E-state index contributed by atoms with van der Waals surface area (Å²) < 4.78 is 1.69. The van der Waals surface area contributed by atoms with Crippen molar-refractivity contribution in [2.75, 3.05) is 0 Å². The molecule has 144 valence electrons. The molecule has 1 saturated carbocycles. The van der Waals surface area contributed by atoms with Gasteiger partial charge in [0.15, 0.2) is 0 Å². The molecule has 0 spiro atoms. The summed E-state index contributed by atoms with van der Waals surface area (Å²) in [5, 5.41) is 15.5. The van der Waals surface area contributed by atoms with Crippen LogP contribution in [0.25, 0.3) is 5.69 Å². The number of carbonyl (C=O) groups excluding carboxylic acids is 1. The zero-order valence-corrected chi connectivity index (χ0v) is 16.8. The molecule has 1 amide bonds. The van der Waals surface area contributed by atoms with Gasteiger partial charge >= 0.3 is 0 Å². The predicted molar refractivity (Wildman–Crippen MR) is 109 cm³/mol. The summed E-state index contributed by atoms with van der Waals surface area (Å²) in [7, 11) is 0. The van der Waals surface area contributed by atoms with Crippen molar-refractivity contribution < 1.29 is 4.79 Å². The zero-order chi connectivity index (χ0) is 19.5. The van der Waals surface area contributed by atoms with Gasteiger partial charge in [0.1, 0.15) is 5.25 Å². The number of thioether (sulfide) groups is 1. The molecule has 1 fully saturated rings. The van der Waals surface area contributed by atoms with Crippen molar-refractivity contribution in [1.82, 2.24) is 25.5 Å². The van der Waals surface area contributed by atoms with Gasteiger partial charge in [-0.15, -0.1) is 5.10 Å². The number of nitrogens with one attached hydrogen (secondary N) is 1. The summed E-state index contributed by atoms with van der Waals surface area (Å²) >= 11 is 1.37. The lowest BCUT2D eigenvalue weighted by Crippen LogP contribution is -2.29. The Kier molecular flexibility index (Phi) is 5.43. The highest BCUT2D eigenvalue weighted by Gasteiger charge is 2.30. The first kappa shape index (κ1) is 18.7. The molecule has 0 bridgehead atoms. The number of carbonyl (C=O) groups is 1. The normalized spacial score (nSPS) is 14.8. The molecule has 3 aromatic rings. The second-order valence-electron chi connectivity index (χ2n) is 7.31. The maximum Gasteiger partial charge on any atom is 0.238 e. The summed E-state index contributed by atoms with van der Waals surface area (Å²) in [5.74, 6) is 0.466. The number of amides is 1. The van der Waals surface area contributed by atoms with Gasteiger partial charge in [0, 0.05) is 6.04 Å². The first-order valence-electron chi connectivity index (χ1n) is 9.52. The van der Waals surface area contributed by atoms with Gasteiger partial charge in [-0.3, -0.25) is 4.79 Å². The van der Waals surface area contributed by atoms with Gasteiger partial charge in [0.25, 0.3) is 0 Å². The van der Waals surface area contributed by atoms with Crippen molar-refractivity contribution in [1.29, 1.82) is 0 Å². The molecule has 6 nitrogen and oxygen atoms in total. The molecule has 28 heavy (non-hydrogen) atoms. The van der Waals surface area contributed by atoms with Crippen LogP contribution in [0.1, 0.15) is 49.0 Å². The lowest BCUT2D eigenvalue weighted by Gasteiger charge is -2.16. The maximum atomic E-state index is 12.9. The predicted octanol–water partition coefficient (Wildman–Crippen LogP) is 3.90. The van der Waals surface area contributed by atoms with Crippen LogP contribution in [-0.2, 0) is 4.79 Å². The first-order chi connectivity index (χ1) is 13.6. The van der Waals surface area contributed by atoms with Crippen LogP contribution in [0.3, 0.4) is 0 Å². The third kappa shape index (κ3) is 4.25. The molecule has 2 aromatic carbocycles. The molecule has 1 aromatic heterocycles. The molecule has 1 heterocycles. The van der Waals surface area contributed by atoms with E-state index in [1.54, 1.807) is 4.68 Å². The highest BCUT2D eigenvalue weighted by Crippen LogP contribution is 2.36. The van der Waals surface area contributed by atoms with Gasteiger partial charge < -0.3 is 5.32 Å². The van der Waals surface area contributed by atoms with Crippen molar-refractivity contribution in [3.8, 4) is 5.69 Å². The fourth-order valence-electron chi connectivity index (χ4n) is 2.93. The molecule has 0 saturated heterocycles. The van der Waals surface area contributed by atoms with Crippen molar-refractivity contribution in [3.05, 3.63) is 65.7 Å². The molecule has 1 aliphatic carbocycles. The second kappa shape index (κ2) is 8.14. The van der Waals surface area contributed by atoms with E-state index in [4.69, 9.17) is 0 Å². The van der Waals surface area contributed by atoms with Crippen LogP contribution in [0.15, 0.2) is 59.8 Å². The van der Waals surface area contributed by atoms with Crippen molar-refractivity contribution in [3.63, 3.8) is 0 Å². The van der Waals surface area contributed by atoms with Crippen LogP contribution >= 0.6 is 11.8 Å². The lowest BCUT2D eigenvalue weighted by atomic mass is 10.0. The van der Waals surface area contributed by atoms with E-state index in [2.05, 4.69) is 46.8 Å². The SMILES string of the molecule is CC(C)c1ccc(-n2nnnc2S[C@@H](C(=O)NC2CC2)c2ccccc2)cc1. The molecule has 7 heteroatoms. The topological polar surface area (TPSA) is 72.7 Å². The number of nitrogens with zero attached hydrogens (tertiary/aromatic N) is 4. The molecule has 1 aliphatic rings. The smallest absolute Gasteiger partial charge is 0.238 e. The Bertz CT molecular complexity index is 935. The van der Waals surface area contributed by atoms with Gasteiger partial charge in [-0.2, -0.15) is 4.68 Å². The minimum atomic E-state index is -0.401. The van der Waals surface area contributed by atoms with E-state index >= 15 is 0 Å².